The van der Waals surface area contributed by atoms with E-state index in [-0.39, 0.29) is 11.9 Å². The lowest BCUT2D eigenvalue weighted by atomic mass is 10.1. The molecule has 0 aliphatic carbocycles. The molecule has 0 aliphatic rings. The molecule has 0 bridgehead atoms. The van der Waals surface area contributed by atoms with Crippen LogP contribution in [-0.4, -0.2) is 10.5 Å². The van der Waals surface area contributed by atoms with Crippen LogP contribution < -0.4 is 5.32 Å². The number of halogens is 1. The van der Waals surface area contributed by atoms with Crippen LogP contribution in [0.3, 0.4) is 0 Å². The predicted molar refractivity (Wildman–Crippen MR) is 77.2 cm³/mol. The van der Waals surface area contributed by atoms with E-state index in [9.17, 15) is 8.60 Å². The number of anilines is 1. The summed E-state index contributed by atoms with van der Waals surface area (Å²) in [7, 11) is -1.02. The van der Waals surface area contributed by atoms with Crippen LogP contribution in [0.1, 0.15) is 18.5 Å². The van der Waals surface area contributed by atoms with Crippen molar-refractivity contribution in [3.05, 3.63) is 59.9 Å². The van der Waals surface area contributed by atoms with Crippen molar-refractivity contribution in [1.82, 2.24) is 0 Å². The molecule has 2 aromatic rings. The minimum Gasteiger partial charge on any atom is -0.378 e. The van der Waals surface area contributed by atoms with Gasteiger partial charge in [-0.05, 0) is 31.2 Å². The van der Waals surface area contributed by atoms with Crippen LogP contribution in [-0.2, 0) is 10.8 Å². The molecule has 2 rings (SSSR count). The largest absolute Gasteiger partial charge is 0.378 e. The number of benzene rings is 2. The van der Waals surface area contributed by atoms with Crippen LogP contribution in [0.25, 0.3) is 0 Å². The molecule has 0 radical (unpaired) electrons. The van der Waals surface area contributed by atoms with Crippen molar-refractivity contribution in [3.63, 3.8) is 0 Å². The first-order chi connectivity index (χ1) is 9.08. The summed E-state index contributed by atoms with van der Waals surface area (Å²) < 4.78 is 25.1. The summed E-state index contributed by atoms with van der Waals surface area (Å²) >= 11 is 0. The molecule has 1 N–H and O–H groups in total. The van der Waals surface area contributed by atoms with Crippen molar-refractivity contribution in [2.75, 3.05) is 11.6 Å². The van der Waals surface area contributed by atoms with Crippen LogP contribution in [0.15, 0.2) is 53.4 Å². The highest BCUT2D eigenvalue weighted by atomic mass is 32.2. The molecular weight excluding hydrogens is 261 g/mol. The highest BCUT2D eigenvalue weighted by Gasteiger charge is 2.10. The van der Waals surface area contributed by atoms with Gasteiger partial charge in [0.2, 0.25) is 0 Å². The summed E-state index contributed by atoms with van der Waals surface area (Å²) in [5, 5.41) is 3.22. The molecule has 19 heavy (non-hydrogen) atoms. The van der Waals surface area contributed by atoms with Gasteiger partial charge in [-0.15, -0.1) is 0 Å². The van der Waals surface area contributed by atoms with E-state index in [1.807, 2.05) is 37.3 Å². The van der Waals surface area contributed by atoms with Gasteiger partial charge in [-0.1, -0.05) is 24.3 Å². The lowest BCUT2D eigenvalue weighted by Crippen LogP contribution is -2.08. The van der Waals surface area contributed by atoms with E-state index in [4.69, 9.17) is 0 Å². The number of rotatable bonds is 4. The quantitative estimate of drug-likeness (QED) is 0.922. The summed E-state index contributed by atoms with van der Waals surface area (Å²) in [5.74, 6) is -0.224. The molecule has 0 saturated carbocycles. The summed E-state index contributed by atoms with van der Waals surface area (Å²) in [6, 6.07) is 13.9. The average Bonchev–Trinajstić information content (AvgIpc) is 2.39. The lowest BCUT2D eigenvalue weighted by molar-refractivity contribution is 0.600. The molecule has 0 amide bonds. The Morgan fingerprint density at radius 1 is 1.16 bits per heavy atom. The smallest absolute Gasteiger partial charge is 0.128 e. The van der Waals surface area contributed by atoms with Gasteiger partial charge in [0.05, 0.1) is 6.04 Å². The van der Waals surface area contributed by atoms with Crippen LogP contribution >= 0.6 is 0 Å². The first-order valence-electron chi connectivity index (χ1n) is 6.02. The molecule has 2 atom stereocenters. The van der Waals surface area contributed by atoms with Gasteiger partial charge < -0.3 is 5.32 Å². The van der Waals surface area contributed by atoms with Gasteiger partial charge in [-0.3, -0.25) is 4.21 Å². The zero-order valence-electron chi connectivity index (χ0n) is 10.9. The third kappa shape index (κ3) is 3.41. The Balaban J connectivity index is 2.19. The van der Waals surface area contributed by atoms with Gasteiger partial charge in [0.15, 0.2) is 0 Å². The van der Waals surface area contributed by atoms with Gasteiger partial charge in [-0.25, -0.2) is 4.39 Å². The minimum atomic E-state index is -1.02. The van der Waals surface area contributed by atoms with Crippen molar-refractivity contribution in [2.45, 2.75) is 17.9 Å². The molecule has 0 saturated heterocycles. The number of hydrogen-bond donors (Lipinski definition) is 1. The van der Waals surface area contributed by atoms with Gasteiger partial charge in [0, 0.05) is 33.2 Å². The van der Waals surface area contributed by atoms with E-state index in [1.54, 1.807) is 18.4 Å². The van der Waals surface area contributed by atoms with Gasteiger partial charge in [0.1, 0.15) is 5.82 Å². The maximum atomic E-state index is 13.7. The van der Waals surface area contributed by atoms with Crippen molar-refractivity contribution < 1.29 is 8.60 Å². The monoisotopic (exact) mass is 277 g/mol. The Hall–Kier alpha value is -1.68. The van der Waals surface area contributed by atoms with Crippen LogP contribution in [0, 0.1) is 5.82 Å². The Morgan fingerprint density at radius 2 is 1.89 bits per heavy atom. The predicted octanol–water partition coefficient (Wildman–Crippen LogP) is 3.74. The maximum Gasteiger partial charge on any atom is 0.128 e. The summed E-state index contributed by atoms with van der Waals surface area (Å²) in [4.78, 5) is 0.755. The van der Waals surface area contributed by atoms with E-state index in [0.29, 0.717) is 5.56 Å². The fourth-order valence-corrected chi connectivity index (χ4v) is 2.48. The van der Waals surface area contributed by atoms with Crippen molar-refractivity contribution >= 4 is 16.5 Å². The fraction of sp³-hybridized carbons (Fsp3) is 0.200. The van der Waals surface area contributed by atoms with Crippen LogP contribution in [0.4, 0.5) is 10.1 Å². The van der Waals surface area contributed by atoms with E-state index < -0.39 is 10.8 Å². The number of hydrogen-bond acceptors (Lipinski definition) is 2. The Labute approximate surface area is 115 Å². The second-order valence-electron chi connectivity index (χ2n) is 4.37. The molecule has 2 aromatic carbocycles. The SMILES string of the molecule is C[C@@H](Nc1cccc([S@@](C)=O)c1)c1ccccc1F. The van der Waals surface area contributed by atoms with Crippen molar-refractivity contribution in [3.8, 4) is 0 Å². The van der Waals surface area contributed by atoms with Gasteiger partial charge in [0.25, 0.3) is 0 Å². The molecule has 4 heteroatoms. The normalized spacial score (nSPS) is 13.8. The van der Waals surface area contributed by atoms with Crippen molar-refractivity contribution in [1.29, 1.82) is 0 Å². The second-order valence-corrected chi connectivity index (χ2v) is 5.75. The van der Waals surface area contributed by atoms with Gasteiger partial charge >= 0.3 is 0 Å². The molecule has 100 valence electrons. The Bertz CT molecular complexity index is 600. The molecule has 2 nitrogen and oxygen atoms in total. The molecule has 0 fully saturated rings. The molecule has 0 spiro atoms. The van der Waals surface area contributed by atoms with E-state index >= 15 is 0 Å². The Morgan fingerprint density at radius 3 is 2.58 bits per heavy atom. The first-order valence-corrected chi connectivity index (χ1v) is 7.58. The highest BCUT2D eigenvalue weighted by molar-refractivity contribution is 7.84. The molecular formula is C15H16FNOS. The fourth-order valence-electron chi connectivity index (χ4n) is 1.92. The van der Waals surface area contributed by atoms with Crippen LogP contribution in [0.2, 0.25) is 0 Å². The Kier molecular flexibility index (Phi) is 4.32. The third-order valence-corrected chi connectivity index (χ3v) is 3.84. The summed E-state index contributed by atoms with van der Waals surface area (Å²) in [5.41, 5.74) is 1.45. The second kappa shape index (κ2) is 5.97. The highest BCUT2D eigenvalue weighted by Crippen LogP contribution is 2.22. The topological polar surface area (TPSA) is 29.1 Å². The molecule has 0 unspecified atom stereocenters. The summed E-state index contributed by atoms with van der Waals surface area (Å²) in [6.45, 7) is 1.90. The maximum absolute atomic E-state index is 13.7. The molecule has 0 aromatic heterocycles. The van der Waals surface area contributed by atoms with Crippen LogP contribution in [0.5, 0.6) is 0 Å². The number of nitrogens with one attached hydrogen (secondary N) is 1. The third-order valence-electron chi connectivity index (χ3n) is 2.92. The van der Waals surface area contributed by atoms with Crippen molar-refractivity contribution in [2.24, 2.45) is 0 Å². The zero-order valence-corrected chi connectivity index (χ0v) is 11.7. The zero-order chi connectivity index (χ0) is 13.8. The standard InChI is InChI=1S/C15H16FNOS/c1-11(14-8-3-4-9-15(14)16)17-12-6-5-7-13(10-12)19(2)18/h3-11,17H,1-2H3/t11-,19-/m1/s1. The lowest BCUT2D eigenvalue weighted by Gasteiger charge is -2.16. The van der Waals surface area contributed by atoms with E-state index in [0.717, 1.165) is 10.6 Å². The van der Waals surface area contributed by atoms with Gasteiger partial charge in [-0.2, -0.15) is 0 Å². The van der Waals surface area contributed by atoms with E-state index in [2.05, 4.69) is 5.32 Å². The van der Waals surface area contributed by atoms with E-state index in [1.165, 1.54) is 6.07 Å². The minimum absolute atomic E-state index is 0.151. The average molecular weight is 277 g/mol. The molecule has 0 aliphatic heterocycles. The summed E-state index contributed by atoms with van der Waals surface area (Å²) in [6.07, 6.45) is 1.64. The molecule has 0 heterocycles. The first kappa shape index (κ1) is 13.7.